The molecule has 4 fully saturated rings. The molecule has 8 heteroatoms. The third-order valence-corrected chi connectivity index (χ3v) is 7.91. The monoisotopic (exact) mass is 448 g/mol. The van der Waals surface area contributed by atoms with E-state index in [0.29, 0.717) is 24.3 Å². The Hall–Kier alpha value is -1.67. The Bertz CT molecular complexity index is 644. The fourth-order valence-electron chi connectivity index (χ4n) is 5.72. The molecule has 0 spiro atoms. The van der Waals surface area contributed by atoms with Gasteiger partial charge in [0.25, 0.3) is 0 Å². The van der Waals surface area contributed by atoms with Crippen LogP contribution < -0.4 is 5.32 Å². The maximum absolute atomic E-state index is 12.7. The molecule has 3 amide bonds. The van der Waals surface area contributed by atoms with Crippen molar-refractivity contribution in [1.82, 2.24) is 20.0 Å². The molecule has 4 saturated heterocycles. The van der Waals surface area contributed by atoms with Crippen molar-refractivity contribution in [2.75, 3.05) is 59.0 Å². The SMILES string of the molecule is O=C(NCC(=O)N1CCCC1)C1CCN(C2CCN(C(=O)CC3CCOCC3)CC2)CC1. The van der Waals surface area contributed by atoms with Gasteiger partial charge in [0, 0.05) is 57.8 Å². The van der Waals surface area contributed by atoms with E-state index in [1.165, 1.54) is 0 Å². The van der Waals surface area contributed by atoms with Crippen molar-refractivity contribution in [3.05, 3.63) is 0 Å². The summed E-state index contributed by atoms with van der Waals surface area (Å²) in [5, 5.41) is 2.87. The average Bonchev–Trinajstić information content (AvgIpc) is 3.38. The zero-order valence-corrected chi connectivity index (χ0v) is 19.4. The fraction of sp³-hybridized carbons (Fsp3) is 0.875. The molecule has 4 aliphatic rings. The lowest BCUT2D eigenvalue weighted by atomic mass is 9.92. The number of piperidine rings is 2. The fourth-order valence-corrected chi connectivity index (χ4v) is 5.72. The predicted octanol–water partition coefficient (Wildman–Crippen LogP) is 1.24. The number of hydrogen-bond donors (Lipinski definition) is 1. The second kappa shape index (κ2) is 11.5. The third-order valence-electron chi connectivity index (χ3n) is 7.91. The van der Waals surface area contributed by atoms with E-state index in [2.05, 4.69) is 15.1 Å². The zero-order chi connectivity index (χ0) is 22.3. The molecular formula is C24H40N4O4. The van der Waals surface area contributed by atoms with Gasteiger partial charge in [-0.05, 0) is 70.4 Å². The first kappa shape index (κ1) is 23.5. The zero-order valence-electron chi connectivity index (χ0n) is 19.4. The molecule has 4 heterocycles. The van der Waals surface area contributed by atoms with Gasteiger partial charge in [-0.25, -0.2) is 0 Å². The Balaban J connectivity index is 1.12. The summed E-state index contributed by atoms with van der Waals surface area (Å²) in [6.45, 7) is 6.94. The maximum Gasteiger partial charge on any atom is 0.241 e. The van der Waals surface area contributed by atoms with Gasteiger partial charge >= 0.3 is 0 Å². The van der Waals surface area contributed by atoms with Gasteiger partial charge in [-0.1, -0.05) is 0 Å². The number of ether oxygens (including phenoxy) is 1. The first-order valence-corrected chi connectivity index (χ1v) is 12.7. The molecule has 32 heavy (non-hydrogen) atoms. The molecule has 0 bridgehead atoms. The second-order valence-corrected chi connectivity index (χ2v) is 9.99. The summed E-state index contributed by atoms with van der Waals surface area (Å²) in [5.41, 5.74) is 0. The Morgan fingerprint density at radius 1 is 0.750 bits per heavy atom. The van der Waals surface area contributed by atoms with Gasteiger partial charge in [0.05, 0.1) is 6.54 Å². The summed E-state index contributed by atoms with van der Waals surface area (Å²) in [6, 6.07) is 0.517. The van der Waals surface area contributed by atoms with Crippen LogP contribution in [0.2, 0.25) is 0 Å². The third kappa shape index (κ3) is 6.22. The first-order valence-electron chi connectivity index (χ1n) is 12.7. The van der Waals surface area contributed by atoms with Crippen LogP contribution in [0.15, 0.2) is 0 Å². The molecule has 4 rings (SSSR count). The van der Waals surface area contributed by atoms with E-state index in [-0.39, 0.29) is 24.3 Å². The van der Waals surface area contributed by atoms with Gasteiger partial charge in [0.1, 0.15) is 0 Å². The van der Waals surface area contributed by atoms with Gasteiger partial charge in [0.2, 0.25) is 17.7 Å². The number of amides is 3. The van der Waals surface area contributed by atoms with Crippen molar-refractivity contribution in [3.63, 3.8) is 0 Å². The molecule has 0 aromatic rings. The lowest BCUT2D eigenvalue weighted by molar-refractivity contribution is -0.135. The van der Waals surface area contributed by atoms with Crippen LogP contribution in [0.4, 0.5) is 0 Å². The van der Waals surface area contributed by atoms with E-state index < -0.39 is 0 Å². The van der Waals surface area contributed by atoms with E-state index in [0.717, 1.165) is 104 Å². The van der Waals surface area contributed by atoms with E-state index in [1.807, 2.05) is 4.90 Å². The van der Waals surface area contributed by atoms with Gasteiger partial charge in [-0.3, -0.25) is 14.4 Å². The van der Waals surface area contributed by atoms with Crippen LogP contribution in [0.5, 0.6) is 0 Å². The molecule has 0 aliphatic carbocycles. The quantitative estimate of drug-likeness (QED) is 0.661. The predicted molar refractivity (Wildman–Crippen MR) is 121 cm³/mol. The van der Waals surface area contributed by atoms with Crippen LogP contribution in [0.1, 0.15) is 57.8 Å². The second-order valence-electron chi connectivity index (χ2n) is 9.99. The number of hydrogen-bond acceptors (Lipinski definition) is 5. The van der Waals surface area contributed by atoms with E-state index in [9.17, 15) is 14.4 Å². The highest BCUT2D eigenvalue weighted by molar-refractivity contribution is 5.86. The average molecular weight is 449 g/mol. The van der Waals surface area contributed by atoms with Crippen molar-refractivity contribution in [1.29, 1.82) is 0 Å². The topological polar surface area (TPSA) is 82.2 Å². The molecule has 0 saturated carbocycles. The van der Waals surface area contributed by atoms with Crippen LogP contribution >= 0.6 is 0 Å². The lowest BCUT2D eigenvalue weighted by Gasteiger charge is -2.41. The molecule has 8 nitrogen and oxygen atoms in total. The van der Waals surface area contributed by atoms with Gasteiger partial charge in [0.15, 0.2) is 0 Å². The first-order chi connectivity index (χ1) is 15.6. The van der Waals surface area contributed by atoms with Crippen molar-refractivity contribution >= 4 is 17.7 Å². The van der Waals surface area contributed by atoms with Crippen LogP contribution in [0, 0.1) is 11.8 Å². The van der Waals surface area contributed by atoms with Gasteiger partial charge in [-0.15, -0.1) is 0 Å². The number of carbonyl (C=O) groups is 3. The largest absolute Gasteiger partial charge is 0.381 e. The number of rotatable bonds is 6. The summed E-state index contributed by atoms with van der Waals surface area (Å²) in [4.78, 5) is 43.8. The number of carbonyl (C=O) groups excluding carboxylic acids is 3. The highest BCUT2D eigenvalue weighted by Crippen LogP contribution is 2.26. The smallest absolute Gasteiger partial charge is 0.241 e. The van der Waals surface area contributed by atoms with Crippen molar-refractivity contribution in [3.8, 4) is 0 Å². The van der Waals surface area contributed by atoms with Gasteiger partial charge < -0.3 is 24.8 Å². The summed E-state index contributed by atoms with van der Waals surface area (Å²) in [6.07, 6.45) is 8.60. The van der Waals surface area contributed by atoms with Crippen LogP contribution in [-0.4, -0.2) is 97.5 Å². The highest BCUT2D eigenvalue weighted by Gasteiger charge is 2.32. The summed E-state index contributed by atoms with van der Waals surface area (Å²) in [5.74, 6) is 0.898. The maximum atomic E-state index is 12.7. The molecule has 0 unspecified atom stereocenters. The molecule has 1 N–H and O–H groups in total. The molecule has 0 aromatic heterocycles. The van der Waals surface area contributed by atoms with Crippen LogP contribution in [-0.2, 0) is 19.1 Å². The lowest BCUT2D eigenvalue weighted by Crippen LogP contribution is -2.50. The minimum atomic E-state index is 0.0127. The van der Waals surface area contributed by atoms with E-state index >= 15 is 0 Å². The molecule has 180 valence electrons. The molecule has 0 aromatic carbocycles. The van der Waals surface area contributed by atoms with Gasteiger partial charge in [-0.2, -0.15) is 0 Å². The Morgan fingerprint density at radius 3 is 2.03 bits per heavy atom. The highest BCUT2D eigenvalue weighted by atomic mass is 16.5. The molecule has 4 aliphatic heterocycles. The van der Waals surface area contributed by atoms with Crippen LogP contribution in [0.3, 0.4) is 0 Å². The standard InChI is InChI=1S/C24H40N4O4/c29-22(17-19-7-15-32-16-8-19)28-13-5-21(6-14-28)26-11-3-20(4-12-26)24(31)25-18-23(30)27-9-1-2-10-27/h19-21H,1-18H2,(H,25,31). The Kier molecular flexibility index (Phi) is 8.41. The minimum Gasteiger partial charge on any atom is -0.381 e. The molecule has 0 radical (unpaired) electrons. The normalized spacial score (nSPS) is 24.6. The Morgan fingerprint density at radius 2 is 1.38 bits per heavy atom. The van der Waals surface area contributed by atoms with Crippen molar-refractivity contribution in [2.45, 2.75) is 63.8 Å². The molecule has 0 atom stereocenters. The number of nitrogens with zero attached hydrogens (tertiary/aromatic N) is 3. The summed E-state index contributed by atoms with van der Waals surface area (Å²) >= 11 is 0. The van der Waals surface area contributed by atoms with Crippen molar-refractivity contribution < 1.29 is 19.1 Å². The Labute approximate surface area is 192 Å². The van der Waals surface area contributed by atoms with Crippen LogP contribution in [0.25, 0.3) is 0 Å². The summed E-state index contributed by atoms with van der Waals surface area (Å²) < 4.78 is 5.40. The summed E-state index contributed by atoms with van der Waals surface area (Å²) in [7, 11) is 0. The molecular weight excluding hydrogens is 408 g/mol. The van der Waals surface area contributed by atoms with E-state index in [1.54, 1.807) is 0 Å². The van der Waals surface area contributed by atoms with Crippen molar-refractivity contribution in [2.24, 2.45) is 11.8 Å². The van der Waals surface area contributed by atoms with E-state index in [4.69, 9.17) is 4.74 Å². The number of nitrogens with one attached hydrogen (secondary N) is 1. The number of likely N-dealkylation sites (tertiary alicyclic amines) is 3. The minimum absolute atomic E-state index is 0.0127.